The van der Waals surface area contributed by atoms with Crippen molar-refractivity contribution in [2.24, 2.45) is 0 Å². The van der Waals surface area contributed by atoms with Crippen molar-refractivity contribution >= 4 is 0 Å². The first-order valence-corrected chi connectivity index (χ1v) is 5.12. The molecule has 0 N–H and O–H groups in total. The van der Waals surface area contributed by atoms with Gasteiger partial charge in [0.05, 0.1) is 5.56 Å². The minimum Gasteiger partial charge on any atom is -0.218 e. The molecule has 0 nitrogen and oxygen atoms in total. The SMILES string of the molecule is Cc1cc(C(F)(F)F)cc(C(F)(C(F)(F)F)C(F)(F)F)c1. The van der Waals surface area contributed by atoms with Crippen LogP contribution in [-0.2, 0) is 11.8 Å². The molecule has 120 valence electrons. The molecule has 0 aliphatic carbocycles. The summed E-state index contributed by atoms with van der Waals surface area (Å²) in [6, 6.07) is -0.0964. The molecule has 0 heterocycles. The topological polar surface area (TPSA) is 0 Å². The second-order valence-electron chi connectivity index (χ2n) is 4.24. The van der Waals surface area contributed by atoms with Gasteiger partial charge in [-0.15, -0.1) is 0 Å². The fraction of sp³-hybridized carbons (Fsp3) is 0.455. The number of halogens is 10. The van der Waals surface area contributed by atoms with Gasteiger partial charge in [-0.25, -0.2) is 4.39 Å². The van der Waals surface area contributed by atoms with Gasteiger partial charge in [0.15, 0.2) is 0 Å². The molecule has 0 aliphatic heterocycles. The monoisotopic (exact) mass is 328 g/mol. The summed E-state index contributed by atoms with van der Waals surface area (Å²) in [6.07, 6.45) is -18.1. The van der Waals surface area contributed by atoms with E-state index in [0.717, 1.165) is 6.92 Å². The molecule has 0 amide bonds. The van der Waals surface area contributed by atoms with E-state index in [9.17, 15) is 43.9 Å². The van der Waals surface area contributed by atoms with Crippen molar-refractivity contribution in [3.8, 4) is 0 Å². The molecule has 0 bridgehead atoms. The first-order valence-electron chi connectivity index (χ1n) is 5.12. The van der Waals surface area contributed by atoms with E-state index in [1.807, 2.05) is 0 Å². The van der Waals surface area contributed by atoms with Crippen LogP contribution in [0.2, 0.25) is 0 Å². The second-order valence-corrected chi connectivity index (χ2v) is 4.24. The van der Waals surface area contributed by atoms with E-state index in [0.29, 0.717) is 6.07 Å². The summed E-state index contributed by atoms with van der Waals surface area (Å²) in [4.78, 5) is 0. The van der Waals surface area contributed by atoms with E-state index in [4.69, 9.17) is 0 Å². The Balaban J connectivity index is 3.66. The molecule has 0 aromatic heterocycles. The quantitative estimate of drug-likeness (QED) is 0.614. The lowest BCUT2D eigenvalue weighted by atomic mass is 9.91. The molecule has 0 radical (unpaired) electrons. The van der Waals surface area contributed by atoms with Gasteiger partial charge in [0.1, 0.15) is 0 Å². The zero-order valence-electron chi connectivity index (χ0n) is 10.0. The van der Waals surface area contributed by atoms with Crippen LogP contribution in [0.1, 0.15) is 16.7 Å². The fourth-order valence-corrected chi connectivity index (χ4v) is 1.63. The average Bonchev–Trinajstić information content (AvgIpc) is 2.22. The largest absolute Gasteiger partial charge is 0.435 e. The minimum absolute atomic E-state index is 0.0796. The summed E-state index contributed by atoms with van der Waals surface area (Å²) in [5.74, 6) is 0. The molecule has 0 unspecified atom stereocenters. The Hall–Kier alpha value is -1.48. The molecule has 0 saturated carbocycles. The van der Waals surface area contributed by atoms with Gasteiger partial charge in [-0.3, -0.25) is 0 Å². The Morgan fingerprint density at radius 2 is 1.00 bits per heavy atom. The highest BCUT2D eigenvalue weighted by atomic mass is 19.4. The van der Waals surface area contributed by atoms with Gasteiger partial charge in [-0.1, -0.05) is 11.6 Å². The van der Waals surface area contributed by atoms with E-state index in [1.54, 1.807) is 0 Å². The van der Waals surface area contributed by atoms with Gasteiger partial charge in [-0.2, -0.15) is 39.5 Å². The number of hydrogen-bond acceptors (Lipinski definition) is 0. The van der Waals surface area contributed by atoms with E-state index in [-0.39, 0.29) is 6.07 Å². The van der Waals surface area contributed by atoms with Crippen molar-refractivity contribution in [3.63, 3.8) is 0 Å². The molecule has 1 rings (SSSR count). The van der Waals surface area contributed by atoms with Crippen molar-refractivity contribution in [2.45, 2.75) is 31.1 Å². The van der Waals surface area contributed by atoms with Gasteiger partial charge >= 0.3 is 24.2 Å². The van der Waals surface area contributed by atoms with Crippen LogP contribution in [0.25, 0.3) is 0 Å². The molecular formula is C11H6F10. The zero-order chi connectivity index (χ0) is 16.9. The second kappa shape index (κ2) is 4.77. The third-order valence-corrected chi connectivity index (χ3v) is 2.58. The fourth-order valence-electron chi connectivity index (χ4n) is 1.63. The number of rotatable bonds is 1. The highest BCUT2D eigenvalue weighted by molar-refractivity contribution is 5.36. The highest BCUT2D eigenvalue weighted by Gasteiger charge is 2.73. The van der Waals surface area contributed by atoms with Crippen LogP contribution in [0.4, 0.5) is 43.9 Å². The Morgan fingerprint density at radius 3 is 1.33 bits per heavy atom. The van der Waals surface area contributed by atoms with Crippen LogP contribution >= 0.6 is 0 Å². The molecule has 10 heteroatoms. The lowest BCUT2D eigenvalue weighted by Gasteiger charge is -2.31. The van der Waals surface area contributed by atoms with Crippen LogP contribution in [0.15, 0.2) is 18.2 Å². The third-order valence-electron chi connectivity index (χ3n) is 2.58. The summed E-state index contributed by atoms with van der Waals surface area (Å²) >= 11 is 0. The molecular weight excluding hydrogens is 322 g/mol. The van der Waals surface area contributed by atoms with Gasteiger partial charge in [0.2, 0.25) is 0 Å². The van der Waals surface area contributed by atoms with E-state index in [2.05, 4.69) is 0 Å². The van der Waals surface area contributed by atoms with Gasteiger partial charge < -0.3 is 0 Å². The van der Waals surface area contributed by atoms with Gasteiger partial charge in [0, 0.05) is 5.56 Å². The molecule has 0 atom stereocenters. The van der Waals surface area contributed by atoms with Crippen LogP contribution in [-0.4, -0.2) is 12.4 Å². The Labute approximate surface area is 111 Å². The number of hydrogen-bond donors (Lipinski definition) is 0. The summed E-state index contributed by atoms with van der Waals surface area (Å²) in [5, 5.41) is 0. The third kappa shape index (κ3) is 3.08. The highest BCUT2D eigenvalue weighted by Crippen LogP contribution is 2.53. The van der Waals surface area contributed by atoms with Crippen LogP contribution < -0.4 is 0 Å². The predicted octanol–water partition coefficient (Wildman–Crippen LogP) is 5.30. The molecule has 21 heavy (non-hydrogen) atoms. The van der Waals surface area contributed by atoms with Crippen molar-refractivity contribution < 1.29 is 43.9 Å². The maximum Gasteiger partial charge on any atom is 0.435 e. The molecule has 0 aliphatic rings. The van der Waals surface area contributed by atoms with Crippen LogP contribution in [0, 0.1) is 6.92 Å². The van der Waals surface area contributed by atoms with Gasteiger partial charge in [0.25, 0.3) is 0 Å². The van der Waals surface area contributed by atoms with Gasteiger partial charge in [-0.05, 0) is 19.1 Å². The van der Waals surface area contributed by atoms with E-state index in [1.165, 1.54) is 0 Å². The van der Waals surface area contributed by atoms with Crippen molar-refractivity contribution in [1.29, 1.82) is 0 Å². The summed E-state index contributed by atoms with van der Waals surface area (Å²) in [7, 11) is 0. The van der Waals surface area contributed by atoms with Crippen molar-refractivity contribution in [3.05, 3.63) is 34.9 Å². The number of alkyl halides is 10. The number of benzene rings is 1. The Kier molecular flexibility index (Phi) is 3.99. The first-order chi connectivity index (χ1) is 9.10. The average molecular weight is 328 g/mol. The molecule has 0 fully saturated rings. The zero-order valence-corrected chi connectivity index (χ0v) is 10.0. The van der Waals surface area contributed by atoms with Crippen LogP contribution in [0.5, 0.6) is 0 Å². The van der Waals surface area contributed by atoms with Crippen molar-refractivity contribution in [1.82, 2.24) is 0 Å². The van der Waals surface area contributed by atoms with Crippen molar-refractivity contribution in [2.75, 3.05) is 0 Å². The maximum absolute atomic E-state index is 13.7. The van der Waals surface area contributed by atoms with Crippen LogP contribution in [0.3, 0.4) is 0 Å². The lowest BCUT2D eigenvalue weighted by molar-refractivity contribution is -0.348. The summed E-state index contributed by atoms with van der Waals surface area (Å²) in [6.45, 7) is 0.825. The summed E-state index contributed by atoms with van der Waals surface area (Å²) < 4.78 is 126. The molecule has 0 spiro atoms. The lowest BCUT2D eigenvalue weighted by Crippen LogP contribution is -2.50. The molecule has 1 aromatic carbocycles. The predicted molar refractivity (Wildman–Crippen MR) is 51.1 cm³/mol. The minimum atomic E-state index is -6.46. The standard InChI is InChI=1S/C11H6F10/c1-5-2-6(4-7(3-5)9(13,14)15)8(12,10(16,17)18)11(19,20)21/h2-4H,1H3. The Morgan fingerprint density at radius 1 is 0.619 bits per heavy atom. The Bertz CT molecular complexity index is 505. The smallest absolute Gasteiger partial charge is 0.218 e. The number of aryl methyl sites for hydroxylation is 1. The van der Waals surface area contributed by atoms with E-state index < -0.39 is 47.0 Å². The molecule has 0 saturated heterocycles. The normalized spacial score (nSPS) is 14.4. The van der Waals surface area contributed by atoms with E-state index >= 15 is 0 Å². The first kappa shape index (κ1) is 17.6. The summed E-state index contributed by atoms with van der Waals surface area (Å²) in [5.41, 5.74) is -10.4. The molecule has 1 aromatic rings. The maximum atomic E-state index is 13.7.